The van der Waals surface area contributed by atoms with Gasteiger partial charge < -0.3 is 10.2 Å². The van der Waals surface area contributed by atoms with Crippen molar-refractivity contribution in [3.05, 3.63) is 29.8 Å². The predicted molar refractivity (Wildman–Crippen MR) is 87.8 cm³/mol. The Morgan fingerprint density at radius 3 is 2.10 bits per heavy atom. The van der Waals surface area contributed by atoms with Crippen LogP contribution in [-0.2, 0) is 4.79 Å². The Hall–Kier alpha value is -1.35. The zero-order valence-electron chi connectivity index (χ0n) is 13.6. The SMILES string of the molecule is CC(C)c1ccc(NC(=O)[C@H](C)[NH+]2CCCCCC2)cc1. The van der Waals surface area contributed by atoms with Crippen LogP contribution in [0.1, 0.15) is 57.9 Å². The largest absolute Gasteiger partial charge is 0.325 e. The van der Waals surface area contributed by atoms with Crippen molar-refractivity contribution in [2.24, 2.45) is 0 Å². The van der Waals surface area contributed by atoms with Gasteiger partial charge in [0, 0.05) is 5.69 Å². The summed E-state index contributed by atoms with van der Waals surface area (Å²) >= 11 is 0. The maximum Gasteiger partial charge on any atom is 0.282 e. The van der Waals surface area contributed by atoms with Crippen molar-refractivity contribution in [3.8, 4) is 0 Å². The molecule has 1 aromatic rings. The molecule has 0 aliphatic carbocycles. The molecule has 0 spiro atoms. The first-order chi connectivity index (χ1) is 10.1. The van der Waals surface area contributed by atoms with Gasteiger partial charge in [-0.05, 0) is 56.2 Å². The Morgan fingerprint density at radius 2 is 1.57 bits per heavy atom. The fourth-order valence-corrected chi connectivity index (χ4v) is 3.00. The van der Waals surface area contributed by atoms with Crippen LogP contribution in [0.3, 0.4) is 0 Å². The number of nitrogens with one attached hydrogen (secondary N) is 2. The van der Waals surface area contributed by atoms with Crippen molar-refractivity contribution in [2.75, 3.05) is 18.4 Å². The van der Waals surface area contributed by atoms with Crippen LogP contribution in [0.25, 0.3) is 0 Å². The quantitative estimate of drug-likeness (QED) is 0.877. The van der Waals surface area contributed by atoms with Crippen molar-refractivity contribution < 1.29 is 9.69 Å². The van der Waals surface area contributed by atoms with E-state index >= 15 is 0 Å². The van der Waals surface area contributed by atoms with E-state index in [2.05, 4.69) is 38.2 Å². The van der Waals surface area contributed by atoms with Gasteiger partial charge in [-0.3, -0.25) is 4.79 Å². The second kappa shape index (κ2) is 7.60. The van der Waals surface area contributed by atoms with E-state index in [9.17, 15) is 4.79 Å². The molecule has 1 aliphatic heterocycles. The highest BCUT2D eigenvalue weighted by Gasteiger charge is 2.25. The van der Waals surface area contributed by atoms with Gasteiger partial charge in [-0.25, -0.2) is 0 Å². The van der Waals surface area contributed by atoms with E-state index in [-0.39, 0.29) is 11.9 Å². The van der Waals surface area contributed by atoms with Gasteiger partial charge in [-0.1, -0.05) is 26.0 Å². The van der Waals surface area contributed by atoms with Crippen molar-refractivity contribution >= 4 is 11.6 Å². The minimum atomic E-state index is 0.0351. The van der Waals surface area contributed by atoms with Crippen LogP contribution in [0.4, 0.5) is 5.69 Å². The average Bonchev–Trinajstić information content (AvgIpc) is 2.76. The van der Waals surface area contributed by atoms with E-state index in [0.717, 1.165) is 18.8 Å². The monoisotopic (exact) mass is 289 g/mol. The Labute approximate surface area is 128 Å². The smallest absolute Gasteiger partial charge is 0.282 e. The van der Waals surface area contributed by atoms with Gasteiger partial charge in [0.05, 0.1) is 13.1 Å². The lowest BCUT2D eigenvalue weighted by atomic mass is 10.0. The Balaban J connectivity index is 1.93. The third-order valence-electron chi connectivity index (χ3n) is 4.60. The molecule has 0 radical (unpaired) electrons. The lowest BCUT2D eigenvalue weighted by molar-refractivity contribution is -0.913. The maximum atomic E-state index is 12.4. The van der Waals surface area contributed by atoms with Crippen LogP contribution in [0.15, 0.2) is 24.3 Å². The summed E-state index contributed by atoms with van der Waals surface area (Å²) in [5, 5.41) is 3.07. The molecular formula is C18H29N2O+. The molecule has 1 atom stereocenters. The first kappa shape index (κ1) is 16.0. The Bertz CT molecular complexity index is 445. The number of carbonyl (C=O) groups excluding carboxylic acids is 1. The number of benzene rings is 1. The first-order valence-electron chi connectivity index (χ1n) is 8.33. The number of hydrogen-bond acceptors (Lipinski definition) is 1. The highest BCUT2D eigenvalue weighted by Crippen LogP contribution is 2.17. The zero-order chi connectivity index (χ0) is 15.2. The molecule has 1 aromatic carbocycles. The number of anilines is 1. The fourth-order valence-electron chi connectivity index (χ4n) is 3.00. The highest BCUT2D eigenvalue weighted by atomic mass is 16.2. The fraction of sp³-hybridized carbons (Fsp3) is 0.611. The molecule has 0 aromatic heterocycles. The number of quaternary nitrogens is 1. The summed E-state index contributed by atoms with van der Waals surface area (Å²) in [6.45, 7) is 8.66. The lowest BCUT2D eigenvalue weighted by Crippen LogP contribution is -3.16. The molecule has 1 amide bonds. The lowest BCUT2D eigenvalue weighted by Gasteiger charge is -2.23. The molecule has 116 valence electrons. The van der Waals surface area contributed by atoms with E-state index < -0.39 is 0 Å². The molecule has 1 fully saturated rings. The summed E-state index contributed by atoms with van der Waals surface area (Å²) in [6.07, 6.45) is 5.12. The molecule has 3 nitrogen and oxygen atoms in total. The van der Waals surface area contributed by atoms with Crippen molar-refractivity contribution in [1.29, 1.82) is 0 Å². The molecule has 2 N–H and O–H groups in total. The van der Waals surface area contributed by atoms with E-state index in [1.807, 2.05) is 12.1 Å². The van der Waals surface area contributed by atoms with Gasteiger partial charge in [-0.2, -0.15) is 0 Å². The molecule has 21 heavy (non-hydrogen) atoms. The number of carbonyl (C=O) groups is 1. The molecular weight excluding hydrogens is 260 g/mol. The number of amides is 1. The standard InChI is InChI=1S/C18H28N2O/c1-14(2)16-8-10-17(11-9-16)19-18(21)15(3)20-12-6-4-5-7-13-20/h8-11,14-15H,4-7,12-13H2,1-3H3,(H,19,21)/p+1/t15-/m0/s1. The van der Waals surface area contributed by atoms with Crippen molar-refractivity contribution in [2.45, 2.75) is 58.4 Å². The van der Waals surface area contributed by atoms with Crippen LogP contribution in [0, 0.1) is 0 Å². The number of hydrogen-bond donors (Lipinski definition) is 2. The molecule has 0 bridgehead atoms. The van der Waals surface area contributed by atoms with E-state index in [4.69, 9.17) is 0 Å². The summed E-state index contributed by atoms with van der Waals surface area (Å²) in [6, 6.07) is 8.26. The van der Waals surface area contributed by atoms with E-state index in [1.165, 1.54) is 36.1 Å². The van der Waals surface area contributed by atoms with Crippen LogP contribution in [0.2, 0.25) is 0 Å². The second-order valence-corrected chi connectivity index (χ2v) is 6.56. The third-order valence-corrected chi connectivity index (χ3v) is 4.60. The summed E-state index contributed by atoms with van der Waals surface area (Å²) < 4.78 is 0. The molecule has 1 aliphatic rings. The summed E-state index contributed by atoms with van der Waals surface area (Å²) in [5.41, 5.74) is 2.21. The van der Waals surface area contributed by atoms with Gasteiger partial charge in [0.25, 0.3) is 5.91 Å². The molecule has 1 saturated heterocycles. The normalized spacial score (nSPS) is 18.3. The van der Waals surface area contributed by atoms with E-state index in [0.29, 0.717) is 5.92 Å². The van der Waals surface area contributed by atoms with Crippen molar-refractivity contribution in [3.63, 3.8) is 0 Å². The summed E-state index contributed by atoms with van der Waals surface area (Å²) in [5.74, 6) is 0.666. The third kappa shape index (κ3) is 4.57. The molecule has 3 heteroatoms. The predicted octanol–water partition coefficient (Wildman–Crippen LogP) is 2.60. The van der Waals surface area contributed by atoms with Crippen LogP contribution in [0.5, 0.6) is 0 Å². The summed E-state index contributed by atoms with van der Waals surface area (Å²) in [4.78, 5) is 13.8. The Kier molecular flexibility index (Phi) is 5.80. The molecule has 1 heterocycles. The molecule has 2 rings (SSSR count). The topological polar surface area (TPSA) is 33.5 Å². The van der Waals surface area contributed by atoms with Crippen LogP contribution in [-0.4, -0.2) is 25.0 Å². The summed E-state index contributed by atoms with van der Waals surface area (Å²) in [7, 11) is 0. The minimum Gasteiger partial charge on any atom is -0.325 e. The zero-order valence-corrected chi connectivity index (χ0v) is 13.6. The number of rotatable bonds is 4. The molecule has 0 unspecified atom stereocenters. The van der Waals surface area contributed by atoms with Crippen molar-refractivity contribution in [1.82, 2.24) is 0 Å². The van der Waals surface area contributed by atoms with E-state index in [1.54, 1.807) is 0 Å². The van der Waals surface area contributed by atoms with Crippen LogP contribution >= 0.6 is 0 Å². The van der Waals surface area contributed by atoms with Gasteiger partial charge in [0.15, 0.2) is 6.04 Å². The second-order valence-electron chi connectivity index (χ2n) is 6.56. The van der Waals surface area contributed by atoms with Gasteiger partial charge in [-0.15, -0.1) is 0 Å². The first-order valence-corrected chi connectivity index (χ1v) is 8.33. The molecule has 0 saturated carbocycles. The highest BCUT2D eigenvalue weighted by molar-refractivity contribution is 5.93. The van der Waals surface area contributed by atoms with Gasteiger partial charge in [0.1, 0.15) is 0 Å². The Morgan fingerprint density at radius 1 is 1.00 bits per heavy atom. The maximum absolute atomic E-state index is 12.4. The minimum absolute atomic E-state index is 0.0351. The van der Waals surface area contributed by atoms with Gasteiger partial charge in [0.2, 0.25) is 0 Å². The van der Waals surface area contributed by atoms with Crippen LogP contribution < -0.4 is 10.2 Å². The van der Waals surface area contributed by atoms with Gasteiger partial charge >= 0.3 is 0 Å². The average molecular weight is 289 g/mol. The number of likely N-dealkylation sites (tertiary alicyclic amines) is 1.